The molecule has 0 amide bonds. The summed E-state index contributed by atoms with van der Waals surface area (Å²) in [5, 5.41) is 12.6. The number of halogens is 1. The Bertz CT molecular complexity index is 726. The second-order valence-electron chi connectivity index (χ2n) is 6.06. The molecule has 0 aromatic heterocycles. The summed E-state index contributed by atoms with van der Waals surface area (Å²) in [6, 6.07) is 13.5. The maximum absolute atomic E-state index is 13.7. The molecule has 1 heterocycles. The summed E-state index contributed by atoms with van der Waals surface area (Å²) < 4.78 is 19.1. The first-order valence-corrected chi connectivity index (χ1v) is 8.00. The van der Waals surface area contributed by atoms with Crippen LogP contribution in [0.3, 0.4) is 0 Å². The minimum Gasteiger partial charge on any atom is -0.478 e. The Labute approximate surface area is 140 Å². The molecule has 0 aliphatic carbocycles. The van der Waals surface area contributed by atoms with Crippen molar-refractivity contribution in [3.05, 3.63) is 71.0 Å². The second kappa shape index (κ2) is 7.11. The van der Waals surface area contributed by atoms with Gasteiger partial charge < -0.3 is 15.2 Å². The van der Waals surface area contributed by atoms with E-state index < -0.39 is 5.97 Å². The minimum atomic E-state index is -0.942. The predicted octanol–water partition coefficient (Wildman–Crippen LogP) is 3.32. The molecule has 24 heavy (non-hydrogen) atoms. The lowest BCUT2D eigenvalue weighted by Crippen LogP contribution is -2.46. The summed E-state index contributed by atoms with van der Waals surface area (Å²) in [5.41, 5.74) is 1.69. The van der Waals surface area contributed by atoms with Crippen molar-refractivity contribution < 1.29 is 19.0 Å². The number of ether oxygens (including phenoxy) is 1. The summed E-state index contributed by atoms with van der Waals surface area (Å²) in [6.45, 7) is 1.73. The van der Waals surface area contributed by atoms with Crippen LogP contribution in [-0.4, -0.2) is 24.3 Å². The van der Waals surface area contributed by atoms with Gasteiger partial charge in [0.1, 0.15) is 5.82 Å². The third kappa shape index (κ3) is 3.63. The Balaban J connectivity index is 1.83. The van der Waals surface area contributed by atoms with Crippen molar-refractivity contribution in [3.63, 3.8) is 0 Å². The van der Waals surface area contributed by atoms with Gasteiger partial charge in [0.15, 0.2) is 0 Å². The van der Waals surface area contributed by atoms with Gasteiger partial charge in [-0.05, 0) is 48.2 Å². The van der Waals surface area contributed by atoms with Crippen LogP contribution in [0.5, 0.6) is 0 Å². The zero-order chi connectivity index (χ0) is 17.0. The number of nitrogens with one attached hydrogen (secondary N) is 1. The lowest BCUT2D eigenvalue weighted by molar-refractivity contribution is 0.0357. The van der Waals surface area contributed by atoms with E-state index in [1.807, 2.05) is 12.1 Å². The Kier molecular flexibility index (Phi) is 4.92. The van der Waals surface area contributed by atoms with Crippen LogP contribution in [0.1, 0.15) is 34.3 Å². The van der Waals surface area contributed by atoms with Crippen molar-refractivity contribution in [1.29, 1.82) is 0 Å². The van der Waals surface area contributed by atoms with Crippen LogP contribution in [0, 0.1) is 5.82 Å². The van der Waals surface area contributed by atoms with Gasteiger partial charge in [0.05, 0.1) is 5.56 Å². The summed E-state index contributed by atoms with van der Waals surface area (Å²) in [6.07, 6.45) is 1.49. The highest BCUT2D eigenvalue weighted by molar-refractivity contribution is 5.87. The molecule has 0 unspecified atom stereocenters. The van der Waals surface area contributed by atoms with Crippen LogP contribution < -0.4 is 5.32 Å². The van der Waals surface area contributed by atoms with E-state index >= 15 is 0 Å². The Morgan fingerprint density at radius 1 is 1.17 bits per heavy atom. The molecule has 2 aromatic rings. The molecular weight excluding hydrogens is 309 g/mol. The number of hydrogen-bond acceptors (Lipinski definition) is 3. The van der Waals surface area contributed by atoms with Crippen LogP contribution in [0.25, 0.3) is 0 Å². The monoisotopic (exact) mass is 329 g/mol. The number of benzene rings is 2. The van der Waals surface area contributed by atoms with Gasteiger partial charge in [0, 0.05) is 25.3 Å². The van der Waals surface area contributed by atoms with Gasteiger partial charge in [-0.2, -0.15) is 0 Å². The van der Waals surface area contributed by atoms with Gasteiger partial charge in [-0.1, -0.05) is 24.3 Å². The number of carbonyl (C=O) groups is 1. The molecule has 2 aromatic carbocycles. The standard InChI is InChI=1S/C19H20FNO3/c20-17-6-2-5-16(12-17)19(7-9-24-10-8-19)21-13-14-3-1-4-15(11-14)18(22)23/h1-6,11-12,21H,7-10,13H2,(H,22,23). The van der Waals surface area contributed by atoms with E-state index in [-0.39, 0.29) is 16.9 Å². The normalized spacial score (nSPS) is 16.7. The second-order valence-corrected chi connectivity index (χ2v) is 6.06. The van der Waals surface area contributed by atoms with Crippen molar-refractivity contribution in [1.82, 2.24) is 5.32 Å². The van der Waals surface area contributed by atoms with Crippen LogP contribution in [0.15, 0.2) is 48.5 Å². The molecule has 126 valence electrons. The molecule has 4 nitrogen and oxygen atoms in total. The fourth-order valence-electron chi connectivity index (χ4n) is 3.16. The maximum atomic E-state index is 13.7. The average molecular weight is 329 g/mol. The van der Waals surface area contributed by atoms with Gasteiger partial charge in [-0.15, -0.1) is 0 Å². The summed E-state index contributed by atoms with van der Waals surface area (Å²) in [7, 11) is 0. The van der Waals surface area contributed by atoms with E-state index in [1.54, 1.807) is 30.3 Å². The van der Waals surface area contributed by atoms with Gasteiger partial charge in [-0.3, -0.25) is 0 Å². The number of aromatic carboxylic acids is 1. The molecule has 1 aliphatic rings. The molecule has 5 heteroatoms. The van der Waals surface area contributed by atoms with E-state index in [9.17, 15) is 9.18 Å². The molecule has 3 rings (SSSR count). The van der Waals surface area contributed by atoms with Crippen LogP contribution in [0.2, 0.25) is 0 Å². The van der Waals surface area contributed by atoms with E-state index in [1.165, 1.54) is 6.07 Å². The predicted molar refractivity (Wildman–Crippen MR) is 88.4 cm³/mol. The SMILES string of the molecule is O=C(O)c1cccc(CNC2(c3cccc(F)c3)CCOCC2)c1. The van der Waals surface area contributed by atoms with Crippen molar-refractivity contribution in [2.75, 3.05) is 13.2 Å². The van der Waals surface area contributed by atoms with Crippen molar-refractivity contribution >= 4 is 5.97 Å². The van der Waals surface area contributed by atoms with Crippen LogP contribution in [-0.2, 0) is 16.8 Å². The van der Waals surface area contributed by atoms with Gasteiger partial charge in [-0.25, -0.2) is 9.18 Å². The Morgan fingerprint density at radius 3 is 2.62 bits per heavy atom. The van der Waals surface area contributed by atoms with E-state index in [2.05, 4.69) is 5.32 Å². The molecular formula is C19H20FNO3. The first-order chi connectivity index (χ1) is 11.6. The fraction of sp³-hybridized carbons (Fsp3) is 0.316. The summed E-state index contributed by atoms with van der Waals surface area (Å²) >= 11 is 0. The first-order valence-electron chi connectivity index (χ1n) is 8.00. The molecule has 0 saturated carbocycles. The summed E-state index contributed by atoms with van der Waals surface area (Å²) in [4.78, 5) is 11.1. The average Bonchev–Trinajstić information content (AvgIpc) is 2.61. The highest BCUT2D eigenvalue weighted by Gasteiger charge is 2.34. The third-order valence-corrected chi connectivity index (χ3v) is 4.53. The number of carboxylic acid groups (broad SMARTS) is 1. The van der Waals surface area contributed by atoms with E-state index in [0.29, 0.717) is 19.8 Å². The quantitative estimate of drug-likeness (QED) is 0.883. The third-order valence-electron chi connectivity index (χ3n) is 4.53. The molecule has 1 saturated heterocycles. The van der Waals surface area contributed by atoms with Crippen molar-refractivity contribution in [2.45, 2.75) is 24.9 Å². The van der Waals surface area contributed by atoms with Gasteiger partial charge >= 0.3 is 5.97 Å². The zero-order valence-corrected chi connectivity index (χ0v) is 13.3. The van der Waals surface area contributed by atoms with Crippen molar-refractivity contribution in [3.8, 4) is 0 Å². The Morgan fingerprint density at radius 2 is 1.92 bits per heavy atom. The lowest BCUT2D eigenvalue weighted by atomic mass is 9.82. The smallest absolute Gasteiger partial charge is 0.335 e. The highest BCUT2D eigenvalue weighted by atomic mass is 19.1. The molecule has 0 radical (unpaired) electrons. The molecule has 2 N–H and O–H groups in total. The number of carboxylic acids is 1. The topological polar surface area (TPSA) is 58.6 Å². The molecule has 0 bridgehead atoms. The lowest BCUT2D eigenvalue weighted by Gasteiger charge is -2.39. The van der Waals surface area contributed by atoms with E-state index in [4.69, 9.17) is 9.84 Å². The molecule has 1 fully saturated rings. The minimum absolute atomic E-state index is 0.256. The van der Waals surface area contributed by atoms with E-state index in [0.717, 1.165) is 24.0 Å². The van der Waals surface area contributed by atoms with Gasteiger partial charge in [0.25, 0.3) is 0 Å². The van der Waals surface area contributed by atoms with Crippen LogP contribution in [0.4, 0.5) is 4.39 Å². The van der Waals surface area contributed by atoms with Crippen LogP contribution >= 0.6 is 0 Å². The maximum Gasteiger partial charge on any atom is 0.335 e. The highest BCUT2D eigenvalue weighted by Crippen LogP contribution is 2.33. The summed E-state index contributed by atoms with van der Waals surface area (Å²) in [5.74, 6) is -1.20. The Hall–Kier alpha value is -2.24. The van der Waals surface area contributed by atoms with Gasteiger partial charge in [0.2, 0.25) is 0 Å². The number of rotatable bonds is 5. The molecule has 1 aliphatic heterocycles. The number of hydrogen-bond donors (Lipinski definition) is 2. The molecule has 0 atom stereocenters. The fourth-order valence-corrected chi connectivity index (χ4v) is 3.16. The van der Waals surface area contributed by atoms with Crippen molar-refractivity contribution in [2.24, 2.45) is 0 Å². The first kappa shape index (κ1) is 16.6. The largest absolute Gasteiger partial charge is 0.478 e. The molecule has 0 spiro atoms. The zero-order valence-electron chi connectivity index (χ0n) is 13.3.